The van der Waals surface area contributed by atoms with Gasteiger partial charge >= 0.3 is 0 Å². The molecule has 3 rings (SSSR count). The van der Waals surface area contributed by atoms with Crippen LogP contribution in [0.15, 0.2) is 4.99 Å². The monoisotopic (exact) mass is 508 g/mol. The summed E-state index contributed by atoms with van der Waals surface area (Å²) < 4.78 is 11.7. The van der Waals surface area contributed by atoms with Gasteiger partial charge < -0.3 is 19.7 Å². The topological polar surface area (TPSA) is 49.3 Å². The second-order valence-electron chi connectivity index (χ2n) is 9.29. The van der Waals surface area contributed by atoms with Crippen molar-refractivity contribution in [3.63, 3.8) is 0 Å². The van der Waals surface area contributed by atoms with Crippen molar-refractivity contribution in [3.8, 4) is 0 Å². The zero-order chi connectivity index (χ0) is 19.3. The molecule has 0 amide bonds. The fraction of sp³-hybridized carbons (Fsp3) is 0.952. The van der Waals surface area contributed by atoms with E-state index in [1.165, 1.54) is 12.8 Å². The van der Waals surface area contributed by atoms with E-state index in [-0.39, 0.29) is 29.4 Å². The summed E-state index contributed by atoms with van der Waals surface area (Å²) >= 11 is 0. The van der Waals surface area contributed by atoms with E-state index in [0.29, 0.717) is 18.1 Å². The van der Waals surface area contributed by atoms with E-state index in [0.717, 1.165) is 71.5 Å². The van der Waals surface area contributed by atoms with Crippen molar-refractivity contribution in [3.05, 3.63) is 0 Å². The second kappa shape index (κ2) is 11.3. The van der Waals surface area contributed by atoms with Crippen molar-refractivity contribution in [2.45, 2.75) is 59.1 Å². The summed E-state index contributed by atoms with van der Waals surface area (Å²) in [6.07, 6.45) is 3.91. The standard InChI is InChI=1S/C21H40N4O2.HI/c1-5-22-20(23-15-17-7-6-12-27-19(17)21(2,3)4)25-9-8-18(16-25)24-10-13-26-14-11-24;/h17-19H,5-16H2,1-4H3,(H,22,23);1H. The lowest BCUT2D eigenvalue weighted by Gasteiger charge is -2.39. The van der Waals surface area contributed by atoms with E-state index in [2.05, 4.69) is 42.8 Å². The fourth-order valence-electron chi connectivity index (χ4n) is 4.79. The molecule has 3 aliphatic heterocycles. The highest BCUT2D eigenvalue weighted by Crippen LogP contribution is 2.34. The Labute approximate surface area is 188 Å². The van der Waals surface area contributed by atoms with Crippen LogP contribution in [0.4, 0.5) is 0 Å². The zero-order valence-electron chi connectivity index (χ0n) is 18.3. The van der Waals surface area contributed by atoms with Crippen LogP contribution in [0.25, 0.3) is 0 Å². The molecular weight excluding hydrogens is 467 g/mol. The fourth-order valence-corrected chi connectivity index (χ4v) is 4.79. The number of morpholine rings is 1. The van der Waals surface area contributed by atoms with Gasteiger partial charge in [-0.15, -0.1) is 24.0 Å². The van der Waals surface area contributed by atoms with Crippen LogP contribution < -0.4 is 5.32 Å². The average molecular weight is 508 g/mol. The van der Waals surface area contributed by atoms with E-state index in [9.17, 15) is 0 Å². The van der Waals surface area contributed by atoms with E-state index < -0.39 is 0 Å². The molecule has 0 aromatic rings. The molecule has 3 fully saturated rings. The summed E-state index contributed by atoms with van der Waals surface area (Å²) in [6.45, 7) is 17.8. The maximum atomic E-state index is 6.15. The minimum atomic E-state index is 0. The number of aliphatic imine (C=N–C) groups is 1. The van der Waals surface area contributed by atoms with Gasteiger partial charge in [0.05, 0.1) is 19.3 Å². The average Bonchev–Trinajstić information content (AvgIpc) is 3.15. The van der Waals surface area contributed by atoms with Crippen LogP contribution in [0, 0.1) is 11.3 Å². The minimum absolute atomic E-state index is 0. The summed E-state index contributed by atoms with van der Waals surface area (Å²) in [7, 11) is 0. The largest absolute Gasteiger partial charge is 0.379 e. The van der Waals surface area contributed by atoms with Gasteiger partial charge in [-0.05, 0) is 31.6 Å². The Hall–Kier alpha value is -0.120. The molecular formula is C21H41IN4O2. The Morgan fingerprint density at radius 1 is 1.11 bits per heavy atom. The molecule has 164 valence electrons. The number of nitrogens with zero attached hydrogens (tertiary/aromatic N) is 3. The van der Waals surface area contributed by atoms with Crippen molar-refractivity contribution < 1.29 is 9.47 Å². The quantitative estimate of drug-likeness (QED) is 0.360. The van der Waals surface area contributed by atoms with Gasteiger partial charge in [-0.1, -0.05) is 20.8 Å². The number of hydrogen-bond donors (Lipinski definition) is 1. The van der Waals surface area contributed by atoms with Crippen LogP contribution >= 0.6 is 24.0 Å². The SMILES string of the molecule is CCNC(=NCC1CCCOC1C(C)(C)C)N1CCC(N2CCOCC2)C1.I. The predicted molar refractivity (Wildman–Crippen MR) is 126 cm³/mol. The number of ether oxygens (including phenoxy) is 2. The molecule has 3 heterocycles. The molecule has 0 saturated carbocycles. The summed E-state index contributed by atoms with van der Waals surface area (Å²) in [5.41, 5.74) is 0.175. The van der Waals surface area contributed by atoms with Gasteiger partial charge in [-0.2, -0.15) is 0 Å². The first-order chi connectivity index (χ1) is 13.0. The highest BCUT2D eigenvalue weighted by atomic mass is 127. The number of nitrogens with one attached hydrogen (secondary N) is 1. The number of likely N-dealkylation sites (tertiary alicyclic amines) is 1. The predicted octanol–water partition coefficient (Wildman–Crippen LogP) is 2.82. The van der Waals surface area contributed by atoms with Gasteiger partial charge in [0.2, 0.25) is 0 Å². The summed E-state index contributed by atoms with van der Waals surface area (Å²) in [6, 6.07) is 0.637. The van der Waals surface area contributed by atoms with Crippen LogP contribution in [-0.2, 0) is 9.47 Å². The Morgan fingerprint density at radius 3 is 2.54 bits per heavy atom. The first-order valence-electron chi connectivity index (χ1n) is 11.0. The van der Waals surface area contributed by atoms with Gasteiger partial charge in [-0.3, -0.25) is 9.89 Å². The van der Waals surface area contributed by atoms with Crippen molar-refractivity contribution in [2.24, 2.45) is 16.3 Å². The third-order valence-corrected chi connectivity index (χ3v) is 6.13. The van der Waals surface area contributed by atoms with Gasteiger partial charge in [0.1, 0.15) is 0 Å². The van der Waals surface area contributed by atoms with E-state index >= 15 is 0 Å². The Morgan fingerprint density at radius 2 is 1.86 bits per heavy atom. The van der Waals surface area contributed by atoms with Crippen molar-refractivity contribution in [2.75, 3.05) is 59.1 Å². The summed E-state index contributed by atoms with van der Waals surface area (Å²) in [5.74, 6) is 1.61. The lowest BCUT2D eigenvalue weighted by Crippen LogP contribution is -2.47. The lowest BCUT2D eigenvalue weighted by molar-refractivity contribution is -0.0824. The van der Waals surface area contributed by atoms with Gasteiger partial charge in [0, 0.05) is 57.8 Å². The zero-order valence-corrected chi connectivity index (χ0v) is 20.6. The third kappa shape index (κ3) is 6.44. The third-order valence-electron chi connectivity index (χ3n) is 6.13. The van der Waals surface area contributed by atoms with Crippen LogP contribution in [-0.4, -0.2) is 87.0 Å². The smallest absolute Gasteiger partial charge is 0.193 e. The Bertz CT molecular complexity index is 491. The molecule has 0 aromatic heterocycles. The normalized spacial score (nSPS) is 30.2. The lowest BCUT2D eigenvalue weighted by atomic mass is 9.78. The highest BCUT2D eigenvalue weighted by Gasteiger charge is 2.36. The summed E-state index contributed by atoms with van der Waals surface area (Å²) in [4.78, 5) is 10.1. The number of guanidine groups is 1. The molecule has 7 heteroatoms. The van der Waals surface area contributed by atoms with Crippen molar-refractivity contribution >= 4 is 29.9 Å². The van der Waals surface area contributed by atoms with E-state index in [1.807, 2.05) is 0 Å². The van der Waals surface area contributed by atoms with E-state index in [1.54, 1.807) is 0 Å². The summed E-state index contributed by atoms with van der Waals surface area (Å²) in [5, 5.41) is 3.53. The van der Waals surface area contributed by atoms with Gasteiger partial charge in [0.25, 0.3) is 0 Å². The van der Waals surface area contributed by atoms with E-state index in [4.69, 9.17) is 14.5 Å². The number of hydrogen-bond acceptors (Lipinski definition) is 4. The van der Waals surface area contributed by atoms with Gasteiger partial charge in [-0.25, -0.2) is 0 Å². The minimum Gasteiger partial charge on any atom is -0.379 e. The van der Waals surface area contributed by atoms with Crippen molar-refractivity contribution in [1.82, 2.24) is 15.1 Å². The first-order valence-corrected chi connectivity index (χ1v) is 11.0. The molecule has 0 radical (unpaired) electrons. The molecule has 3 saturated heterocycles. The second-order valence-corrected chi connectivity index (χ2v) is 9.29. The van der Waals surface area contributed by atoms with Crippen LogP contribution in [0.2, 0.25) is 0 Å². The molecule has 0 aromatic carbocycles. The molecule has 6 nitrogen and oxygen atoms in total. The molecule has 0 spiro atoms. The Kier molecular flexibility index (Phi) is 9.76. The van der Waals surface area contributed by atoms with Crippen molar-refractivity contribution in [1.29, 1.82) is 0 Å². The molecule has 3 atom stereocenters. The van der Waals surface area contributed by atoms with Crippen LogP contribution in [0.3, 0.4) is 0 Å². The molecule has 0 aliphatic carbocycles. The highest BCUT2D eigenvalue weighted by molar-refractivity contribution is 14.0. The molecule has 3 aliphatic rings. The Balaban J connectivity index is 0.00000280. The molecule has 3 unspecified atom stereocenters. The molecule has 0 bridgehead atoms. The van der Waals surface area contributed by atoms with Crippen LogP contribution in [0.5, 0.6) is 0 Å². The number of rotatable bonds is 4. The maximum absolute atomic E-state index is 6.15. The maximum Gasteiger partial charge on any atom is 0.193 e. The molecule has 28 heavy (non-hydrogen) atoms. The van der Waals surface area contributed by atoms with Gasteiger partial charge in [0.15, 0.2) is 5.96 Å². The number of halogens is 1. The molecule has 1 N–H and O–H groups in total. The van der Waals surface area contributed by atoms with Crippen LogP contribution in [0.1, 0.15) is 47.0 Å². The first kappa shape index (κ1) is 24.2.